The van der Waals surface area contributed by atoms with Crippen molar-refractivity contribution in [3.05, 3.63) is 53.1 Å². The number of hydrazine groups is 1. The maximum absolute atomic E-state index is 12.9. The number of amides is 1. The van der Waals surface area contributed by atoms with E-state index in [0.29, 0.717) is 25.2 Å². The number of carbonyl (C=O) groups is 1. The van der Waals surface area contributed by atoms with E-state index in [1.54, 1.807) is 28.6 Å². The lowest BCUT2D eigenvalue weighted by Gasteiger charge is -2.20. The number of rotatable bonds is 5. The van der Waals surface area contributed by atoms with Crippen LogP contribution in [0.4, 0.5) is 5.69 Å². The van der Waals surface area contributed by atoms with Crippen molar-refractivity contribution in [1.82, 2.24) is 15.2 Å². The predicted molar refractivity (Wildman–Crippen MR) is 127 cm³/mol. The van der Waals surface area contributed by atoms with Crippen LogP contribution in [0.25, 0.3) is 0 Å². The lowest BCUT2D eigenvalue weighted by Crippen LogP contribution is -2.39. The van der Waals surface area contributed by atoms with Gasteiger partial charge in [-0.15, -0.1) is 0 Å². The quantitative estimate of drug-likeness (QED) is 0.532. The highest BCUT2D eigenvalue weighted by Gasteiger charge is 2.32. The minimum absolute atomic E-state index is 0.194. The van der Waals surface area contributed by atoms with Crippen LogP contribution >= 0.6 is 0 Å². The molecule has 2 unspecified atom stereocenters. The normalized spacial score (nSPS) is 22.1. The number of nitrogens with zero attached hydrogens (tertiary/aromatic N) is 1. The Balaban J connectivity index is 1.39. The molecule has 0 spiro atoms. The maximum atomic E-state index is 12.9. The highest BCUT2D eigenvalue weighted by atomic mass is 32.2. The summed E-state index contributed by atoms with van der Waals surface area (Å²) < 4.78 is 27.4. The number of aromatic hydroxyl groups is 1. The number of benzene rings is 2. The Morgan fingerprint density at radius 2 is 1.70 bits per heavy atom. The molecule has 1 amide bonds. The summed E-state index contributed by atoms with van der Waals surface area (Å²) >= 11 is 0. The van der Waals surface area contributed by atoms with E-state index in [2.05, 4.69) is 16.2 Å². The Hall–Kier alpha value is -2.46. The largest absolute Gasteiger partial charge is 0.507 e. The number of hydrogen-bond acceptors (Lipinski definition) is 6. The molecule has 2 aliphatic rings. The lowest BCUT2D eigenvalue weighted by atomic mass is 9.96. The first-order valence-corrected chi connectivity index (χ1v) is 12.9. The van der Waals surface area contributed by atoms with Gasteiger partial charge in [-0.3, -0.25) is 4.79 Å². The van der Waals surface area contributed by atoms with Crippen molar-refractivity contribution < 1.29 is 18.3 Å². The third-order valence-corrected chi connectivity index (χ3v) is 8.31. The fourth-order valence-corrected chi connectivity index (χ4v) is 6.08. The van der Waals surface area contributed by atoms with Gasteiger partial charge in [0.1, 0.15) is 11.8 Å². The molecule has 178 valence electrons. The van der Waals surface area contributed by atoms with E-state index in [1.165, 1.54) is 0 Å². The zero-order chi connectivity index (χ0) is 23.6. The number of carbonyl (C=O) groups excluding carboxylic acids is 1. The summed E-state index contributed by atoms with van der Waals surface area (Å²) in [4.78, 5) is 13.0. The fraction of sp³-hybridized carbons (Fsp3) is 0.458. The molecule has 2 atom stereocenters. The summed E-state index contributed by atoms with van der Waals surface area (Å²) in [6.45, 7) is 4.94. The number of phenols is 1. The Morgan fingerprint density at radius 3 is 2.36 bits per heavy atom. The van der Waals surface area contributed by atoms with Gasteiger partial charge in [0.2, 0.25) is 15.9 Å². The molecule has 2 fully saturated rings. The minimum Gasteiger partial charge on any atom is -0.507 e. The van der Waals surface area contributed by atoms with Gasteiger partial charge < -0.3 is 10.4 Å². The van der Waals surface area contributed by atoms with Crippen LogP contribution in [0.3, 0.4) is 0 Å². The van der Waals surface area contributed by atoms with E-state index in [-0.39, 0.29) is 22.6 Å². The smallest absolute Gasteiger partial charge is 0.243 e. The molecule has 0 aliphatic carbocycles. The Labute approximate surface area is 195 Å². The molecule has 0 bridgehead atoms. The van der Waals surface area contributed by atoms with Crippen LogP contribution in [0.2, 0.25) is 0 Å². The molecule has 0 aromatic heterocycles. The molecular formula is C24H32N4O4S. The zero-order valence-electron chi connectivity index (χ0n) is 19.1. The molecule has 9 heteroatoms. The van der Waals surface area contributed by atoms with Gasteiger partial charge in [0, 0.05) is 24.3 Å². The summed E-state index contributed by atoms with van der Waals surface area (Å²) in [6, 6.07) is 9.50. The van der Waals surface area contributed by atoms with Gasteiger partial charge in [-0.1, -0.05) is 30.5 Å². The van der Waals surface area contributed by atoms with Crippen molar-refractivity contribution in [1.29, 1.82) is 0 Å². The average molecular weight is 473 g/mol. The summed E-state index contributed by atoms with van der Waals surface area (Å²) in [5, 5.41) is 13.3. The third kappa shape index (κ3) is 5.22. The molecule has 2 heterocycles. The highest BCUT2D eigenvalue weighted by molar-refractivity contribution is 7.89. The van der Waals surface area contributed by atoms with Gasteiger partial charge in [0.05, 0.1) is 10.9 Å². The van der Waals surface area contributed by atoms with Crippen LogP contribution in [-0.4, -0.2) is 42.9 Å². The summed E-state index contributed by atoms with van der Waals surface area (Å²) in [5.74, 6) is 0.0131. The zero-order valence-corrected chi connectivity index (χ0v) is 19.9. The first-order chi connectivity index (χ1) is 15.8. The molecule has 0 saturated carbocycles. The van der Waals surface area contributed by atoms with E-state index in [9.17, 15) is 18.3 Å². The summed E-state index contributed by atoms with van der Waals surface area (Å²) in [6.07, 6.45) is 4.37. The van der Waals surface area contributed by atoms with E-state index in [0.717, 1.165) is 42.4 Å². The molecule has 2 aromatic carbocycles. The predicted octanol–water partition coefficient (Wildman–Crippen LogP) is 3.12. The Morgan fingerprint density at radius 1 is 1.03 bits per heavy atom. The van der Waals surface area contributed by atoms with Crippen molar-refractivity contribution in [2.75, 3.05) is 18.4 Å². The number of phenolic OH excluding ortho intramolecular Hbond substituents is 1. The van der Waals surface area contributed by atoms with Crippen LogP contribution in [0.5, 0.6) is 5.75 Å². The van der Waals surface area contributed by atoms with Crippen LogP contribution in [-0.2, 0) is 14.8 Å². The second kappa shape index (κ2) is 9.80. The molecule has 4 N–H and O–H groups in total. The highest BCUT2D eigenvalue weighted by Crippen LogP contribution is 2.33. The number of hydrogen-bond donors (Lipinski definition) is 4. The van der Waals surface area contributed by atoms with Crippen molar-refractivity contribution >= 4 is 21.6 Å². The monoisotopic (exact) mass is 472 g/mol. The topological polar surface area (TPSA) is 111 Å². The van der Waals surface area contributed by atoms with E-state index in [1.807, 2.05) is 26.0 Å². The third-order valence-electron chi connectivity index (χ3n) is 6.39. The molecule has 4 rings (SSSR count). The summed E-state index contributed by atoms with van der Waals surface area (Å²) in [5.41, 5.74) is 9.25. The number of sulfonamides is 1. The van der Waals surface area contributed by atoms with Gasteiger partial charge in [-0.25, -0.2) is 19.3 Å². The molecule has 2 aliphatic heterocycles. The van der Waals surface area contributed by atoms with Gasteiger partial charge in [-0.2, -0.15) is 4.31 Å². The van der Waals surface area contributed by atoms with Crippen molar-refractivity contribution in [2.24, 2.45) is 0 Å². The molecular weight excluding hydrogens is 440 g/mol. The van der Waals surface area contributed by atoms with Gasteiger partial charge in [-0.05, 0) is 62.9 Å². The van der Waals surface area contributed by atoms with Crippen LogP contribution < -0.4 is 16.2 Å². The minimum atomic E-state index is -3.52. The number of aryl methyl sites for hydroxylation is 2. The van der Waals surface area contributed by atoms with E-state index >= 15 is 0 Å². The molecule has 2 saturated heterocycles. The summed E-state index contributed by atoms with van der Waals surface area (Å²) in [7, 11) is -3.52. The van der Waals surface area contributed by atoms with Crippen LogP contribution in [0.1, 0.15) is 54.8 Å². The average Bonchev–Trinajstić information content (AvgIpc) is 3.11. The van der Waals surface area contributed by atoms with Gasteiger partial charge in [0.15, 0.2) is 0 Å². The second-order valence-corrected chi connectivity index (χ2v) is 10.9. The van der Waals surface area contributed by atoms with Crippen molar-refractivity contribution in [2.45, 2.75) is 62.9 Å². The van der Waals surface area contributed by atoms with Gasteiger partial charge in [0.25, 0.3) is 0 Å². The molecule has 8 nitrogen and oxygen atoms in total. The Kier molecular flexibility index (Phi) is 7.04. The van der Waals surface area contributed by atoms with Crippen LogP contribution in [0.15, 0.2) is 41.3 Å². The first-order valence-electron chi connectivity index (χ1n) is 11.5. The van der Waals surface area contributed by atoms with Crippen molar-refractivity contribution in [3.8, 4) is 5.75 Å². The lowest BCUT2D eigenvalue weighted by molar-refractivity contribution is -0.117. The Bertz CT molecular complexity index is 1110. The molecule has 0 radical (unpaired) electrons. The fourth-order valence-electron chi connectivity index (χ4n) is 4.56. The SMILES string of the molecule is Cc1cc(C)c(O)c(C2CC(C(=O)Nc3ccc(S(=O)(=O)N4CCCCCC4)cc3)NN2)c1. The van der Waals surface area contributed by atoms with E-state index < -0.39 is 16.1 Å². The van der Waals surface area contributed by atoms with Gasteiger partial charge >= 0.3 is 0 Å². The maximum Gasteiger partial charge on any atom is 0.243 e. The molecule has 2 aromatic rings. The van der Waals surface area contributed by atoms with Crippen LogP contribution in [0, 0.1) is 13.8 Å². The number of anilines is 1. The molecule has 33 heavy (non-hydrogen) atoms. The first kappa shape index (κ1) is 23.7. The number of nitrogens with one attached hydrogen (secondary N) is 3. The van der Waals surface area contributed by atoms with E-state index in [4.69, 9.17) is 0 Å². The standard InChI is InChI=1S/C24H32N4O4S/c1-16-13-17(2)23(29)20(14-16)21-15-22(27-26-21)24(30)25-18-7-9-19(10-8-18)33(31,32)28-11-5-3-4-6-12-28/h7-10,13-14,21-22,26-27,29H,3-6,11-12,15H2,1-2H3,(H,25,30). The van der Waals surface area contributed by atoms with Crippen molar-refractivity contribution in [3.63, 3.8) is 0 Å². The second-order valence-electron chi connectivity index (χ2n) is 8.98.